The Bertz CT molecular complexity index is 659. The maximum atomic E-state index is 12.7. The average molecular weight is 322 g/mol. The fourth-order valence-electron chi connectivity index (χ4n) is 1.79. The number of halogens is 6. The molecule has 0 heterocycles. The zero-order valence-corrected chi connectivity index (χ0v) is 10.7. The lowest BCUT2D eigenvalue weighted by molar-refractivity contribution is -0.274. The van der Waals surface area contributed by atoms with Crippen LogP contribution in [0.3, 0.4) is 0 Å². The van der Waals surface area contributed by atoms with Crippen LogP contribution in [0.2, 0.25) is 0 Å². The van der Waals surface area contributed by atoms with Crippen molar-refractivity contribution in [3.05, 3.63) is 48.0 Å². The van der Waals surface area contributed by atoms with Crippen LogP contribution in [-0.4, -0.2) is 11.5 Å². The van der Waals surface area contributed by atoms with E-state index < -0.39 is 29.6 Å². The third-order valence-electron chi connectivity index (χ3n) is 2.67. The number of hydrogen-bond donors (Lipinski definition) is 1. The van der Waals surface area contributed by atoms with E-state index in [9.17, 15) is 31.4 Å². The lowest BCUT2D eigenvalue weighted by atomic mass is 10.0. The molecule has 2 aromatic carbocycles. The molecule has 0 radical (unpaired) electrons. The first-order chi connectivity index (χ1) is 10.0. The Morgan fingerprint density at radius 3 is 1.86 bits per heavy atom. The van der Waals surface area contributed by atoms with E-state index in [4.69, 9.17) is 0 Å². The lowest BCUT2D eigenvalue weighted by Gasteiger charge is -2.11. The molecule has 8 heteroatoms. The molecule has 0 aliphatic heterocycles. The number of ether oxygens (including phenoxy) is 1. The summed E-state index contributed by atoms with van der Waals surface area (Å²) in [5.41, 5.74) is -0.833. The predicted octanol–water partition coefficient (Wildman–Crippen LogP) is 4.98. The van der Waals surface area contributed by atoms with Crippen LogP contribution >= 0.6 is 0 Å². The second-order valence-corrected chi connectivity index (χ2v) is 4.34. The molecule has 22 heavy (non-hydrogen) atoms. The summed E-state index contributed by atoms with van der Waals surface area (Å²) in [5, 5.41) is 9.35. The molecular formula is C14H8F6O2. The molecule has 0 fully saturated rings. The summed E-state index contributed by atoms with van der Waals surface area (Å²) in [4.78, 5) is 0. The number of phenols is 1. The highest BCUT2D eigenvalue weighted by Crippen LogP contribution is 2.35. The molecule has 2 aromatic rings. The van der Waals surface area contributed by atoms with E-state index in [1.54, 1.807) is 0 Å². The fraction of sp³-hybridized carbons (Fsp3) is 0.143. The van der Waals surface area contributed by atoms with Gasteiger partial charge in [0.1, 0.15) is 11.5 Å². The molecule has 0 saturated heterocycles. The van der Waals surface area contributed by atoms with Gasteiger partial charge in [-0.05, 0) is 41.5 Å². The van der Waals surface area contributed by atoms with E-state index in [0.717, 1.165) is 36.4 Å². The van der Waals surface area contributed by atoms with Gasteiger partial charge in [0, 0.05) is 0 Å². The van der Waals surface area contributed by atoms with Crippen molar-refractivity contribution >= 4 is 0 Å². The molecular weight excluding hydrogens is 314 g/mol. The Morgan fingerprint density at radius 1 is 0.773 bits per heavy atom. The van der Waals surface area contributed by atoms with E-state index in [1.807, 2.05) is 0 Å². The molecule has 0 amide bonds. The second-order valence-electron chi connectivity index (χ2n) is 4.34. The van der Waals surface area contributed by atoms with Crippen molar-refractivity contribution in [3.8, 4) is 22.6 Å². The quantitative estimate of drug-likeness (QED) is 0.791. The van der Waals surface area contributed by atoms with Gasteiger partial charge in [-0.3, -0.25) is 0 Å². The van der Waals surface area contributed by atoms with Gasteiger partial charge in [0.2, 0.25) is 0 Å². The largest absolute Gasteiger partial charge is 0.573 e. The zero-order valence-electron chi connectivity index (χ0n) is 10.7. The number of aromatic hydroxyl groups is 1. The number of benzene rings is 2. The highest BCUT2D eigenvalue weighted by Gasteiger charge is 2.32. The first-order valence-corrected chi connectivity index (χ1v) is 5.82. The lowest BCUT2D eigenvalue weighted by Crippen LogP contribution is -2.16. The van der Waals surface area contributed by atoms with Crippen LogP contribution in [0.1, 0.15) is 5.56 Å². The topological polar surface area (TPSA) is 29.5 Å². The molecule has 1 N–H and O–H groups in total. The van der Waals surface area contributed by atoms with Crippen LogP contribution in [0.5, 0.6) is 11.5 Å². The number of alkyl halides is 6. The second kappa shape index (κ2) is 5.43. The maximum absolute atomic E-state index is 12.7. The van der Waals surface area contributed by atoms with Crippen LogP contribution < -0.4 is 4.74 Å². The summed E-state index contributed by atoms with van der Waals surface area (Å²) in [6.07, 6.45) is -9.50. The molecule has 0 aromatic heterocycles. The summed E-state index contributed by atoms with van der Waals surface area (Å²) in [6, 6.07) is 6.70. The Hall–Kier alpha value is -2.38. The van der Waals surface area contributed by atoms with Crippen molar-refractivity contribution in [2.75, 3.05) is 0 Å². The summed E-state index contributed by atoms with van der Waals surface area (Å²) < 4.78 is 77.7. The van der Waals surface area contributed by atoms with Gasteiger partial charge >= 0.3 is 12.5 Å². The van der Waals surface area contributed by atoms with Crippen molar-refractivity contribution in [1.29, 1.82) is 0 Å². The van der Waals surface area contributed by atoms with Gasteiger partial charge in [-0.1, -0.05) is 12.1 Å². The van der Waals surface area contributed by atoms with Gasteiger partial charge in [0.25, 0.3) is 0 Å². The monoisotopic (exact) mass is 322 g/mol. The molecule has 0 spiro atoms. The van der Waals surface area contributed by atoms with Crippen LogP contribution in [0.25, 0.3) is 11.1 Å². The van der Waals surface area contributed by atoms with Gasteiger partial charge in [-0.15, -0.1) is 13.2 Å². The molecule has 0 saturated carbocycles. The fourth-order valence-corrected chi connectivity index (χ4v) is 1.79. The van der Waals surface area contributed by atoms with Crippen molar-refractivity contribution in [3.63, 3.8) is 0 Å². The Morgan fingerprint density at radius 2 is 1.36 bits per heavy atom. The van der Waals surface area contributed by atoms with Gasteiger partial charge in [0.05, 0.1) is 5.56 Å². The number of phenolic OH excluding ortho intramolecular Hbond substituents is 1. The molecule has 0 aliphatic rings. The van der Waals surface area contributed by atoms with Crippen LogP contribution in [0.4, 0.5) is 26.3 Å². The molecule has 118 valence electrons. The van der Waals surface area contributed by atoms with E-state index in [-0.39, 0.29) is 11.1 Å². The summed E-state index contributed by atoms with van der Waals surface area (Å²) >= 11 is 0. The van der Waals surface area contributed by atoms with E-state index in [2.05, 4.69) is 4.74 Å². The zero-order chi connectivity index (χ0) is 16.5. The van der Waals surface area contributed by atoms with Gasteiger partial charge in [-0.2, -0.15) is 13.2 Å². The highest BCUT2D eigenvalue weighted by molar-refractivity contribution is 5.67. The van der Waals surface area contributed by atoms with E-state index in [1.165, 1.54) is 0 Å². The SMILES string of the molecule is Oc1cc(-c2ccc(OC(F)(F)F)cc2)cc(C(F)(F)F)c1. The Balaban J connectivity index is 2.34. The molecule has 2 nitrogen and oxygen atoms in total. The molecule has 2 rings (SSSR count). The molecule has 0 aliphatic carbocycles. The third-order valence-corrected chi connectivity index (χ3v) is 2.67. The summed E-state index contributed by atoms with van der Waals surface area (Å²) in [7, 11) is 0. The smallest absolute Gasteiger partial charge is 0.508 e. The van der Waals surface area contributed by atoms with Gasteiger partial charge in [-0.25, -0.2) is 0 Å². The van der Waals surface area contributed by atoms with Crippen molar-refractivity contribution in [1.82, 2.24) is 0 Å². The minimum Gasteiger partial charge on any atom is -0.508 e. The summed E-state index contributed by atoms with van der Waals surface area (Å²) in [6.45, 7) is 0. The van der Waals surface area contributed by atoms with Crippen LogP contribution in [0.15, 0.2) is 42.5 Å². The third kappa shape index (κ3) is 4.06. The van der Waals surface area contributed by atoms with Crippen LogP contribution in [0, 0.1) is 0 Å². The van der Waals surface area contributed by atoms with Gasteiger partial charge < -0.3 is 9.84 Å². The average Bonchev–Trinajstić information content (AvgIpc) is 2.36. The molecule has 0 unspecified atom stereocenters. The minimum absolute atomic E-state index is 0.0193. The van der Waals surface area contributed by atoms with E-state index in [0.29, 0.717) is 6.07 Å². The minimum atomic E-state index is -4.85. The highest BCUT2D eigenvalue weighted by atomic mass is 19.4. The maximum Gasteiger partial charge on any atom is 0.573 e. The predicted molar refractivity (Wildman–Crippen MR) is 65.2 cm³/mol. The molecule has 0 bridgehead atoms. The van der Waals surface area contributed by atoms with Crippen LogP contribution in [-0.2, 0) is 6.18 Å². The standard InChI is InChI=1S/C14H8F6O2/c15-13(16,17)10-5-9(6-11(21)7-10)8-1-3-12(4-2-8)22-14(18,19)20/h1-7,21H. The van der Waals surface area contributed by atoms with Crippen molar-refractivity contribution < 1.29 is 36.2 Å². The van der Waals surface area contributed by atoms with Crippen molar-refractivity contribution in [2.24, 2.45) is 0 Å². The Labute approximate surface area is 120 Å². The van der Waals surface area contributed by atoms with Gasteiger partial charge in [0.15, 0.2) is 0 Å². The first kappa shape index (κ1) is 16.0. The van der Waals surface area contributed by atoms with E-state index >= 15 is 0 Å². The first-order valence-electron chi connectivity index (χ1n) is 5.82. The van der Waals surface area contributed by atoms with Crippen molar-refractivity contribution in [2.45, 2.75) is 12.5 Å². The normalized spacial score (nSPS) is 12.3. The number of hydrogen-bond acceptors (Lipinski definition) is 2. The Kier molecular flexibility index (Phi) is 3.95. The number of rotatable bonds is 2. The molecule has 0 atom stereocenters. The summed E-state index contributed by atoms with van der Waals surface area (Å²) in [5.74, 6) is -1.09.